The number of amides is 1. The number of hydrogen-bond acceptors (Lipinski definition) is 4. The first-order chi connectivity index (χ1) is 10.2. The Labute approximate surface area is 132 Å². The van der Waals surface area contributed by atoms with E-state index in [0.29, 0.717) is 6.42 Å². The van der Waals surface area contributed by atoms with E-state index < -0.39 is 9.84 Å². The third kappa shape index (κ3) is 3.61. The average Bonchev–Trinajstić information content (AvgIpc) is 2.77. The van der Waals surface area contributed by atoms with Gasteiger partial charge in [0.25, 0.3) is 0 Å². The maximum Gasteiger partial charge on any atom is 0.227 e. The van der Waals surface area contributed by atoms with Crippen molar-refractivity contribution in [2.24, 2.45) is 0 Å². The molecule has 0 aliphatic carbocycles. The van der Waals surface area contributed by atoms with Crippen molar-refractivity contribution in [1.29, 1.82) is 0 Å². The van der Waals surface area contributed by atoms with Crippen LogP contribution in [0, 0.1) is 13.8 Å². The zero-order valence-electron chi connectivity index (χ0n) is 13.5. The van der Waals surface area contributed by atoms with Gasteiger partial charge in [-0.1, -0.05) is 17.7 Å². The lowest BCUT2D eigenvalue weighted by molar-refractivity contribution is -0.130. The van der Waals surface area contributed by atoms with Crippen molar-refractivity contribution in [3.8, 4) is 5.75 Å². The monoisotopic (exact) mass is 325 g/mol. The first-order valence-corrected chi connectivity index (χ1v) is 9.16. The van der Waals surface area contributed by atoms with Crippen molar-refractivity contribution in [1.82, 2.24) is 4.90 Å². The molecule has 0 saturated carbocycles. The van der Waals surface area contributed by atoms with Crippen LogP contribution in [0.15, 0.2) is 12.1 Å². The lowest BCUT2D eigenvalue weighted by Gasteiger charge is -2.24. The molecule has 1 aromatic carbocycles. The van der Waals surface area contributed by atoms with Crippen LogP contribution in [-0.2, 0) is 21.1 Å². The summed E-state index contributed by atoms with van der Waals surface area (Å²) in [4.78, 5) is 14.0. The van der Waals surface area contributed by atoms with E-state index in [0.717, 1.165) is 22.4 Å². The summed E-state index contributed by atoms with van der Waals surface area (Å²) < 4.78 is 28.5. The topological polar surface area (TPSA) is 63.7 Å². The van der Waals surface area contributed by atoms with Crippen LogP contribution >= 0.6 is 0 Å². The number of aryl methyl sites for hydroxylation is 2. The lowest BCUT2D eigenvalue weighted by Crippen LogP contribution is -2.38. The molecule has 1 saturated heterocycles. The van der Waals surface area contributed by atoms with E-state index in [1.165, 1.54) is 0 Å². The zero-order chi connectivity index (χ0) is 16.5. The largest absolute Gasteiger partial charge is 0.496 e. The van der Waals surface area contributed by atoms with Gasteiger partial charge in [0.2, 0.25) is 5.91 Å². The second-order valence-electron chi connectivity index (χ2n) is 6.01. The van der Waals surface area contributed by atoms with Crippen LogP contribution in [0.5, 0.6) is 5.75 Å². The first-order valence-electron chi connectivity index (χ1n) is 7.33. The fraction of sp³-hybridized carbons (Fsp3) is 0.562. The molecule has 1 amide bonds. The molecule has 1 heterocycles. The molecule has 0 spiro atoms. The van der Waals surface area contributed by atoms with Gasteiger partial charge in [-0.2, -0.15) is 0 Å². The average molecular weight is 325 g/mol. The van der Waals surface area contributed by atoms with Gasteiger partial charge in [0, 0.05) is 18.7 Å². The van der Waals surface area contributed by atoms with Crippen molar-refractivity contribution >= 4 is 15.7 Å². The summed E-state index contributed by atoms with van der Waals surface area (Å²) in [5.41, 5.74) is 2.92. The van der Waals surface area contributed by atoms with Gasteiger partial charge >= 0.3 is 0 Å². The van der Waals surface area contributed by atoms with Crippen molar-refractivity contribution in [3.05, 3.63) is 28.8 Å². The highest BCUT2D eigenvalue weighted by molar-refractivity contribution is 7.91. The standard InChI is InChI=1S/C16H23NO4S/c1-11-7-12(2)16(21-4)13(8-11)9-15(18)17(3)14-5-6-22(19,20)10-14/h7-8,14H,5-6,9-10H2,1-4H3. The zero-order valence-corrected chi connectivity index (χ0v) is 14.4. The van der Waals surface area contributed by atoms with Gasteiger partial charge in [-0.25, -0.2) is 8.42 Å². The van der Waals surface area contributed by atoms with E-state index in [-0.39, 0.29) is 29.9 Å². The number of carbonyl (C=O) groups is 1. The Morgan fingerprint density at radius 3 is 2.59 bits per heavy atom. The Bertz CT molecular complexity index is 682. The number of methoxy groups -OCH3 is 1. The molecular formula is C16H23NO4S. The van der Waals surface area contributed by atoms with E-state index in [1.807, 2.05) is 26.0 Å². The van der Waals surface area contributed by atoms with Crippen LogP contribution in [0.1, 0.15) is 23.1 Å². The summed E-state index contributed by atoms with van der Waals surface area (Å²) in [6.07, 6.45) is 0.743. The fourth-order valence-electron chi connectivity index (χ4n) is 3.04. The number of benzene rings is 1. The van der Waals surface area contributed by atoms with Crippen LogP contribution in [0.25, 0.3) is 0 Å². The third-order valence-corrected chi connectivity index (χ3v) is 5.94. The molecule has 2 rings (SSSR count). The van der Waals surface area contributed by atoms with Crippen molar-refractivity contribution < 1.29 is 17.9 Å². The highest BCUT2D eigenvalue weighted by Crippen LogP contribution is 2.26. The minimum absolute atomic E-state index is 0.0687. The molecule has 0 aromatic heterocycles. The van der Waals surface area contributed by atoms with Gasteiger partial charge in [-0.05, 0) is 25.8 Å². The summed E-state index contributed by atoms with van der Waals surface area (Å²) in [5.74, 6) is 0.887. The summed E-state index contributed by atoms with van der Waals surface area (Å²) in [7, 11) is 0.288. The summed E-state index contributed by atoms with van der Waals surface area (Å²) >= 11 is 0. The number of sulfone groups is 1. The Kier molecular flexibility index (Phi) is 4.80. The number of nitrogens with zero attached hydrogens (tertiary/aromatic N) is 1. The number of hydrogen-bond donors (Lipinski definition) is 0. The Morgan fingerprint density at radius 1 is 1.36 bits per heavy atom. The van der Waals surface area contributed by atoms with E-state index in [2.05, 4.69) is 0 Å². The summed E-state index contributed by atoms with van der Waals surface area (Å²) in [6.45, 7) is 3.93. The van der Waals surface area contributed by atoms with E-state index in [1.54, 1.807) is 19.1 Å². The third-order valence-electron chi connectivity index (χ3n) is 4.19. The molecule has 0 radical (unpaired) electrons. The van der Waals surface area contributed by atoms with Crippen LogP contribution in [0.2, 0.25) is 0 Å². The van der Waals surface area contributed by atoms with Crippen LogP contribution in [-0.4, -0.2) is 50.9 Å². The van der Waals surface area contributed by atoms with Gasteiger partial charge in [0.1, 0.15) is 5.75 Å². The van der Waals surface area contributed by atoms with Crippen LogP contribution in [0.4, 0.5) is 0 Å². The smallest absolute Gasteiger partial charge is 0.227 e. The SMILES string of the molecule is COc1c(C)cc(C)cc1CC(=O)N(C)C1CCS(=O)(=O)C1. The fourth-order valence-corrected chi connectivity index (χ4v) is 4.81. The minimum Gasteiger partial charge on any atom is -0.496 e. The van der Waals surface area contributed by atoms with Crippen molar-refractivity contribution in [3.63, 3.8) is 0 Å². The van der Waals surface area contributed by atoms with Gasteiger partial charge < -0.3 is 9.64 Å². The number of likely N-dealkylation sites (N-methyl/N-ethyl adjacent to an activating group) is 1. The van der Waals surface area contributed by atoms with Gasteiger partial charge in [0.05, 0.1) is 25.0 Å². The molecule has 6 heteroatoms. The maximum atomic E-state index is 12.5. The lowest BCUT2D eigenvalue weighted by atomic mass is 10.0. The van der Waals surface area contributed by atoms with Gasteiger partial charge in [-0.15, -0.1) is 0 Å². The molecule has 5 nitrogen and oxygen atoms in total. The Morgan fingerprint density at radius 2 is 2.05 bits per heavy atom. The number of rotatable bonds is 4. The highest BCUT2D eigenvalue weighted by atomic mass is 32.2. The summed E-state index contributed by atoms with van der Waals surface area (Å²) in [6, 6.07) is 3.75. The Hall–Kier alpha value is -1.56. The van der Waals surface area contributed by atoms with Crippen LogP contribution in [0.3, 0.4) is 0 Å². The van der Waals surface area contributed by atoms with Gasteiger partial charge in [0.15, 0.2) is 9.84 Å². The van der Waals surface area contributed by atoms with E-state index in [9.17, 15) is 13.2 Å². The molecule has 1 aromatic rings. The predicted octanol–water partition coefficient (Wildman–Crippen LogP) is 1.50. The molecule has 22 heavy (non-hydrogen) atoms. The van der Waals surface area contributed by atoms with Gasteiger partial charge in [-0.3, -0.25) is 4.79 Å². The second-order valence-corrected chi connectivity index (χ2v) is 8.24. The van der Waals surface area contributed by atoms with E-state index in [4.69, 9.17) is 4.74 Å². The van der Waals surface area contributed by atoms with Crippen molar-refractivity contribution in [2.75, 3.05) is 25.7 Å². The van der Waals surface area contributed by atoms with Crippen molar-refractivity contribution in [2.45, 2.75) is 32.7 Å². The molecule has 1 aliphatic heterocycles. The molecule has 1 aliphatic rings. The molecule has 0 bridgehead atoms. The number of ether oxygens (including phenoxy) is 1. The molecule has 0 N–H and O–H groups in total. The number of carbonyl (C=O) groups excluding carboxylic acids is 1. The minimum atomic E-state index is -2.99. The summed E-state index contributed by atoms with van der Waals surface area (Å²) in [5, 5.41) is 0. The Balaban J connectivity index is 2.15. The second kappa shape index (κ2) is 6.28. The van der Waals surface area contributed by atoms with Crippen LogP contribution < -0.4 is 4.74 Å². The predicted molar refractivity (Wildman–Crippen MR) is 86.0 cm³/mol. The van der Waals surface area contributed by atoms with E-state index >= 15 is 0 Å². The quantitative estimate of drug-likeness (QED) is 0.841. The first kappa shape index (κ1) is 16.8. The molecule has 1 unspecified atom stereocenters. The molecule has 122 valence electrons. The molecular weight excluding hydrogens is 302 g/mol. The normalized spacial score (nSPS) is 19.9. The molecule has 1 atom stereocenters. The maximum absolute atomic E-state index is 12.5. The highest BCUT2D eigenvalue weighted by Gasteiger charge is 2.32. The molecule has 1 fully saturated rings.